The minimum absolute atomic E-state index is 0.246. The quantitative estimate of drug-likeness (QED) is 0.776. The van der Waals surface area contributed by atoms with Gasteiger partial charge in [0.05, 0.1) is 6.20 Å². The highest BCUT2D eigenvalue weighted by Gasteiger charge is 2.27. The molecule has 3 rings (SSSR count). The number of aliphatic hydroxyl groups excluding tert-OH is 1. The van der Waals surface area contributed by atoms with Crippen LogP contribution in [0.3, 0.4) is 0 Å². The molecule has 1 atom stereocenters. The van der Waals surface area contributed by atoms with E-state index in [4.69, 9.17) is 0 Å². The van der Waals surface area contributed by atoms with Crippen LogP contribution in [0.25, 0.3) is 0 Å². The lowest BCUT2D eigenvalue weighted by atomic mass is 10.0. The van der Waals surface area contributed by atoms with Crippen LogP contribution in [0.5, 0.6) is 0 Å². The molecule has 1 aromatic heterocycles. The van der Waals surface area contributed by atoms with Crippen LogP contribution >= 0.6 is 0 Å². The zero-order valence-corrected chi connectivity index (χ0v) is 17.1. The largest absolute Gasteiger partial charge is 0.396 e. The topological polar surface area (TPSA) is 44.5 Å². The molecule has 0 spiro atoms. The first kappa shape index (κ1) is 20.1. The number of hydrogen-bond donors (Lipinski definition) is 1. The van der Waals surface area contributed by atoms with Crippen molar-refractivity contribution >= 4 is 0 Å². The number of benzene rings is 1. The number of hydrogen-bond acceptors (Lipinski definition) is 4. The fourth-order valence-corrected chi connectivity index (χ4v) is 4.06. The average molecular weight is 371 g/mol. The minimum atomic E-state index is 0.246. The van der Waals surface area contributed by atoms with E-state index in [-0.39, 0.29) is 6.61 Å². The number of aromatic nitrogens is 2. The Morgan fingerprint density at radius 1 is 1.11 bits per heavy atom. The van der Waals surface area contributed by atoms with Crippen molar-refractivity contribution in [2.45, 2.75) is 59.3 Å². The third-order valence-corrected chi connectivity index (χ3v) is 5.82. The zero-order chi connectivity index (χ0) is 19.2. The monoisotopic (exact) mass is 370 g/mol. The highest BCUT2D eigenvalue weighted by atomic mass is 16.3. The predicted octanol–water partition coefficient (Wildman–Crippen LogP) is 2.98. The van der Waals surface area contributed by atoms with Gasteiger partial charge in [0.2, 0.25) is 0 Å². The van der Waals surface area contributed by atoms with E-state index in [1.54, 1.807) is 0 Å². The maximum absolute atomic E-state index is 9.58. The second kappa shape index (κ2) is 9.49. The lowest BCUT2D eigenvalue weighted by molar-refractivity contribution is 0.0497. The van der Waals surface area contributed by atoms with Gasteiger partial charge in [-0.3, -0.25) is 14.5 Å². The molecule has 5 heteroatoms. The normalized spacial score (nSPS) is 18.9. The second-order valence-electron chi connectivity index (χ2n) is 7.78. The number of nitrogens with zero attached hydrogens (tertiary/aromatic N) is 4. The van der Waals surface area contributed by atoms with Gasteiger partial charge in [0.25, 0.3) is 0 Å². The van der Waals surface area contributed by atoms with Crippen LogP contribution in [0, 0.1) is 13.8 Å². The van der Waals surface area contributed by atoms with Crippen LogP contribution in [-0.2, 0) is 19.6 Å². The van der Waals surface area contributed by atoms with Crippen molar-refractivity contribution in [3.63, 3.8) is 0 Å². The molecule has 0 saturated carbocycles. The Labute approximate surface area is 163 Å². The summed E-state index contributed by atoms with van der Waals surface area (Å²) in [5.74, 6) is 0. The first-order chi connectivity index (χ1) is 13.1. The van der Waals surface area contributed by atoms with Crippen molar-refractivity contribution in [1.82, 2.24) is 19.6 Å². The van der Waals surface area contributed by atoms with Gasteiger partial charge in [0.15, 0.2) is 0 Å². The van der Waals surface area contributed by atoms with Crippen LogP contribution in [0.4, 0.5) is 0 Å². The molecule has 0 aliphatic carbocycles. The van der Waals surface area contributed by atoms with Gasteiger partial charge < -0.3 is 5.11 Å². The van der Waals surface area contributed by atoms with Gasteiger partial charge in [-0.15, -0.1) is 0 Å². The van der Waals surface area contributed by atoms with Gasteiger partial charge in [-0.05, 0) is 37.8 Å². The Morgan fingerprint density at radius 2 is 1.93 bits per heavy atom. The van der Waals surface area contributed by atoms with Crippen molar-refractivity contribution in [2.75, 3.05) is 26.2 Å². The molecule has 0 radical (unpaired) electrons. The molecular weight excluding hydrogens is 336 g/mol. The molecule has 5 nitrogen and oxygen atoms in total. The van der Waals surface area contributed by atoms with Gasteiger partial charge in [0, 0.05) is 63.2 Å². The van der Waals surface area contributed by atoms with E-state index in [1.165, 1.54) is 22.4 Å². The maximum Gasteiger partial charge on any atom is 0.0537 e. The lowest BCUT2D eigenvalue weighted by Crippen LogP contribution is -2.52. The lowest BCUT2D eigenvalue weighted by Gasteiger charge is -2.41. The van der Waals surface area contributed by atoms with Crippen molar-refractivity contribution in [2.24, 2.45) is 0 Å². The Balaban J connectivity index is 1.64. The Kier molecular flexibility index (Phi) is 7.05. The number of aliphatic hydroxyl groups is 1. The Hall–Kier alpha value is -1.69. The summed E-state index contributed by atoms with van der Waals surface area (Å²) in [6, 6.07) is 9.03. The zero-order valence-electron chi connectivity index (χ0n) is 17.1. The molecule has 1 aliphatic rings. The van der Waals surface area contributed by atoms with Gasteiger partial charge in [-0.2, -0.15) is 5.10 Å². The minimum Gasteiger partial charge on any atom is -0.396 e. The van der Waals surface area contributed by atoms with E-state index < -0.39 is 0 Å². The molecule has 1 N–H and O–H groups in total. The molecule has 148 valence electrons. The average Bonchev–Trinajstić information content (AvgIpc) is 3.00. The van der Waals surface area contributed by atoms with E-state index in [1.807, 2.05) is 6.20 Å². The van der Waals surface area contributed by atoms with Gasteiger partial charge in [-0.25, -0.2) is 0 Å². The predicted molar refractivity (Wildman–Crippen MR) is 110 cm³/mol. The maximum atomic E-state index is 9.58. The first-order valence-corrected chi connectivity index (χ1v) is 10.3. The molecule has 1 aromatic carbocycles. The van der Waals surface area contributed by atoms with Crippen molar-refractivity contribution in [3.05, 3.63) is 52.8 Å². The van der Waals surface area contributed by atoms with E-state index in [9.17, 15) is 5.11 Å². The van der Waals surface area contributed by atoms with Crippen molar-refractivity contribution in [1.29, 1.82) is 0 Å². The highest BCUT2D eigenvalue weighted by Crippen LogP contribution is 2.20. The fraction of sp³-hybridized carbons (Fsp3) is 0.591. The van der Waals surface area contributed by atoms with Crippen molar-refractivity contribution in [3.8, 4) is 0 Å². The Morgan fingerprint density at radius 3 is 2.67 bits per heavy atom. The molecule has 1 unspecified atom stereocenters. The third kappa shape index (κ3) is 4.98. The molecular formula is C22H34N4O. The number of piperazine rings is 1. The molecule has 27 heavy (non-hydrogen) atoms. The molecule has 2 aromatic rings. The molecule has 1 saturated heterocycles. The van der Waals surface area contributed by atoms with E-state index in [0.717, 1.165) is 52.1 Å². The SMILES string of the molecule is CCCn1ncc(CN2CCN(Cc3ccccc3C)C(CCO)C2)c1C. The van der Waals surface area contributed by atoms with Crippen LogP contribution in [0.2, 0.25) is 0 Å². The standard InChI is InChI=1S/C22H34N4O/c1-4-10-26-19(3)21(14-23-26)15-24-11-12-25(22(17-24)9-13-27)16-20-8-6-5-7-18(20)2/h5-8,14,22,27H,4,9-13,15-17H2,1-3H3. The molecule has 1 aliphatic heterocycles. The van der Waals surface area contributed by atoms with Crippen LogP contribution in [0.1, 0.15) is 42.1 Å². The first-order valence-electron chi connectivity index (χ1n) is 10.3. The number of rotatable bonds is 8. The van der Waals surface area contributed by atoms with Gasteiger partial charge in [0.1, 0.15) is 0 Å². The summed E-state index contributed by atoms with van der Waals surface area (Å²) < 4.78 is 2.12. The number of aryl methyl sites for hydroxylation is 2. The summed E-state index contributed by atoms with van der Waals surface area (Å²) in [6.45, 7) is 12.8. The van der Waals surface area contributed by atoms with Crippen molar-refractivity contribution < 1.29 is 5.11 Å². The van der Waals surface area contributed by atoms with Gasteiger partial charge in [-0.1, -0.05) is 31.2 Å². The summed E-state index contributed by atoms with van der Waals surface area (Å²) in [5, 5.41) is 14.1. The fourth-order valence-electron chi connectivity index (χ4n) is 4.06. The molecule has 0 amide bonds. The Bertz CT molecular complexity index is 727. The van der Waals surface area contributed by atoms with E-state index >= 15 is 0 Å². The van der Waals surface area contributed by atoms with Crippen LogP contribution < -0.4 is 0 Å². The molecule has 0 bridgehead atoms. The highest BCUT2D eigenvalue weighted by molar-refractivity contribution is 5.25. The summed E-state index contributed by atoms with van der Waals surface area (Å²) >= 11 is 0. The second-order valence-corrected chi connectivity index (χ2v) is 7.78. The smallest absolute Gasteiger partial charge is 0.0537 e. The van der Waals surface area contributed by atoms with E-state index in [2.05, 4.69) is 64.6 Å². The van der Waals surface area contributed by atoms with Gasteiger partial charge >= 0.3 is 0 Å². The third-order valence-electron chi connectivity index (χ3n) is 5.82. The summed E-state index contributed by atoms with van der Waals surface area (Å²) in [4.78, 5) is 5.07. The summed E-state index contributed by atoms with van der Waals surface area (Å²) in [5.41, 5.74) is 5.36. The molecule has 1 fully saturated rings. The van der Waals surface area contributed by atoms with E-state index in [0.29, 0.717) is 6.04 Å². The van der Waals surface area contributed by atoms with Crippen LogP contribution in [-0.4, -0.2) is 57.0 Å². The summed E-state index contributed by atoms with van der Waals surface area (Å²) in [6.07, 6.45) is 3.97. The summed E-state index contributed by atoms with van der Waals surface area (Å²) in [7, 11) is 0. The van der Waals surface area contributed by atoms with Crippen LogP contribution in [0.15, 0.2) is 30.5 Å². The molecule has 2 heterocycles.